The number of hydrogen-bond donors (Lipinski definition) is 0. The van der Waals surface area contributed by atoms with Gasteiger partial charge in [-0.3, -0.25) is 19.2 Å². The van der Waals surface area contributed by atoms with Gasteiger partial charge in [-0.05, 0) is 18.2 Å². The molecule has 38 heavy (non-hydrogen) atoms. The standard InChI is InChI=1S/C24H26ClFO12/c1-11(27)33-10-19-20(34-12(2)28)21(35-13(3)29)22(36-14(4)30)24(38-19)37-18(23(31)32-5)9-15-16(25)7-6-8-17(15)26/h6-9,19-22,24H,10H2,1-5H3/t19-,20+,21+,22-,24-/m0/s1. The maximum Gasteiger partial charge on any atom is 0.373 e. The second kappa shape index (κ2) is 13.7. The van der Waals surface area contributed by atoms with Crippen LogP contribution in [-0.4, -0.2) is 74.3 Å². The Labute approximate surface area is 221 Å². The molecule has 0 saturated carbocycles. The van der Waals surface area contributed by atoms with E-state index in [9.17, 15) is 28.4 Å². The number of carbonyl (C=O) groups is 5. The molecule has 5 atom stereocenters. The van der Waals surface area contributed by atoms with Crippen LogP contribution >= 0.6 is 11.6 Å². The van der Waals surface area contributed by atoms with Gasteiger partial charge >= 0.3 is 29.8 Å². The lowest BCUT2D eigenvalue weighted by Crippen LogP contribution is -2.63. The molecule has 1 aromatic rings. The molecule has 1 aliphatic heterocycles. The molecule has 0 amide bonds. The number of ether oxygens (including phenoxy) is 7. The van der Waals surface area contributed by atoms with E-state index in [1.165, 1.54) is 12.1 Å². The van der Waals surface area contributed by atoms with Crippen LogP contribution in [0.5, 0.6) is 0 Å². The van der Waals surface area contributed by atoms with Crippen molar-refractivity contribution in [3.63, 3.8) is 0 Å². The van der Waals surface area contributed by atoms with Gasteiger partial charge in [0.15, 0.2) is 12.2 Å². The Morgan fingerprint density at radius 3 is 2.00 bits per heavy atom. The van der Waals surface area contributed by atoms with Gasteiger partial charge in [-0.15, -0.1) is 0 Å². The molecule has 0 radical (unpaired) electrons. The lowest BCUT2D eigenvalue weighted by Gasteiger charge is -2.43. The molecule has 0 aromatic heterocycles. The number of methoxy groups -OCH3 is 1. The minimum atomic E-state index is -1.74. The van der Waals surface area contributed by atoms with E-state index in [1.807, 2.05) is 0 Å². The molecule has 1 fully saturated rings. The highest BCUT2D eigenvalue weighted by Gasteiger charge is 2.53. The predicted octanol–water partition coefficient (Wildman–Crippen LogP) is 2.09. The monoisotopic (exact) mass is 560 g/mol. The number of esters is 5. The van der Waals surface area contributed by atoms with Crippen molar-refractivity contribution in [2.24, 2.45) is 0 Å². The van der Waals surface area contributed by atoms with E-state index in [0.717, 1.165) is 46.9 Å². The first kappa shape index (κ1) is 30.5. The number of benzene rings is 1. The fraction of sp³-hybridized carbons (Fsp3) is 0.458. The van der Waals surface area contributed by atoms with Gasteiger partial charge in [-0.25, -0.2) is 9.18 Å². The molecule has 0 unspecified atom stereocenters. The number of hydrogen-bond acceptors (Lipinski definition) is 12. The Morgan fingerprint density at radius 2 is 1.47 bits per heavy atom. The average molecular weight is 561 g/mol. The van der Waals surface area contributed by atoms with E-state index >= 15 is 0 Å². The summed E-state index contributed by atoms with van der Waals surface area (Å²) in [4.78, 5) is 59.7. The first-order chi connectivity index (χ1) is 17.8. The van der Waals surface area contributed by atoms with Crippen molar-refractivity contribution < 1.29 is 61.5 Å². The maximum atomic E-state index is 14.4. The highest BCUT2D eigenvalue weighted by atomic mass is 35.5. The highest BCUT2D eigenvalue weighted by Crippen LogP contribution is 2.32. The summed E-state index contributed by atoms with van der Waals surface area (Å²) in [6, 6.07) is 3.79. The van der Waals surface area contributed by atoms with Crippen molar-refractivity contribution in [3.8, 4) is 0 Å². The van der Waals surface area contributed by atoms with Crippen molar-refractivity contribution in [2.45, 2.75) is 58.4 Å². The zero-order valence-electron chi connectivity index (χ0n) is 21.1. The molecule has 0 N–H and O–H groups in total. The summed E-state index contributed by atoms with van der Waals surface area (Å²) in [6.07, 6.45) is -6.76. The molecule has 1 saturated heterocycles. The minimum absolute atomic E-state index is 0.0726. The molecule has 1 aromatic carbocycles. The van der Waals surface area contributed by atoms with Crippen LogP contribution in [0.1, 0.15) is 33.3 Å². The van der Waals surface area contributed by atoms with E-state index in [0.29, 0.717) is 0 Å². The molecule has 1 aliphatic rings. The lowest BCUT2D eigenvalue weighted by atomic mass is 9.98. The fourth-order valence-corrected chi connectivity index (χ4v) is 3.65. The largest absolute Gasteiger partial charge is 0.463 e. The number of carbonyl (C=O) groups excluding carboxylic acids is 5. The van der Waals surface area contributed by atoms with E-state index in [2.05, 4.69) is 0 Å². The highest BCUT2D eigenvalue weighted by molar-refractivity contribution is 6.32. The summed E-state index contributed by atoms with van der Waals surface area (Å²) in [5.74, 6) is -5.83. The van der Waals surface area contributed by atoms with Gasteiger partial charge in [0, 0.05) is 33.3 Å². The fourth-order valence-electron chi connectivity index (χ4n) is 3.43. The van der Waals surface area contributed by atoms with Crippen LogP contribution in [0.25, 0.3) is 6.08 Å². The third-order valence-electron chi connectivity index (χ3n) is 4.85. The smallest absolute Gasteiger partial charge is 0.373 e. The van der Waals surface area contributed by atoms with Crippen LogP contribution in [0.3, 0.4) is 0 Å². The Kier molecular flexibility index (Phi) is 11.0. The Balaban J connectivity index is 2.61. The Morgan fingerprint density at radius 1 is 0.895 bits per heavy atom. The molecule has 1 heterocycles. The van der Waals surface area contributed by atoms with Crippen LogP contribution in [-0.2, 0) is 57.1 Å². The summed E-state index contributed by atoms with van der Waals surface area (Å²) in [5, 5.41) is -0.0726. The Hall–Kier alpha value is -3.71. The summed E-state index contributed by atoms with van der Waals surface area (Å²) in [5.41, 5.74) is -0.236. The van der Waals surface area contributed by atoms with Gasteiger partial charge in [0.2, 0.25) is 18.2 Å². The van der Waals surface area contributed by atoms with Gasteiger partial charge in [0.05, 0.1) is 12.1 Å². The van der Waals surface area contributed by atoms with Gasteiger partial charge in [-0.1, -0.05) is 17.7 Å². The first-order valence-electron chi connectivity index (χ1n) is 11.0. The third-order valence-corrected chi connectivity index (χ3v) is 5.18. The molecule has 14 heteroatoms. The zero-order valence-corrected chi connectivity index (χ0v) is 21.8. The molecule has 0 aliphatic carbocycles. The van der Waals surface area contributed by atoms with Gasteiger partial charge in [0.25, 0.3) is 0 Å². The molecule has 208 valence electrons. The van der Waals surface area contributed by atoms with Crippen molar-refractivity contribution in [1.29, 1.82) is 0 Å². The van der Waals surface area contributed by atoms with Crippen LogP contribution in [0, 0.1) is 5.82 Å². The average Bonchev–Trinajstić information content (AvgIpc) is 2.81. The Bertz CT molecular complexity index is 1080. The topological polar surface area (TPSA) is 150 Å². The molecule has 0 spiro atoms. The number of rotatable bonds is 9. The summed E-state index contributed by atoms with van der Waals surface area (Å²) < 4.78 is 51.4. The lowest BCUT2D eigenvalue weighted by molar-refractivity contribution is -0.299. The van der Waals surface area contributed by atoms with Crippen molar-refractivity contribution >= 4 is 47.5 Å². The van der Waals surface area contributed by atoms with E-state index < -0.39 is 78.7 Å². The molecule has 2 rings (SSSR count). The molecule has 0 bridgehead atoms. The van der Waals surface area contributed by atoms with Gasteiger partial charge in [0.1, 0.15) is 18.5 Å². The second-order valence-electron chi connectivity index (χ2n) is 7.82. The SMILES string of the molecule is COC(=O)C(=Cc1c(F)cccc1Cl)O[C@H]1O[C@@H](COC(C)=O)[C@@H](OC(C)=O)[C@@H](OC(C)=O)[C@@H]1OC(C)=O. The van der Waals surface area contributed by atoms with E-state index in [-0.39, 0.29) is 10.6 Å². The first-order valence-corrected chi connectivity index (χ1v) is 11.4. The van der Waals surface area contributed by atoms with Crippen molar-refractivity contribution in [3.05, 3.63) is 40.4 Å². The molecular formula is C24H26ClFO12. The minimum Gasteiger partial charge on any atom is -0.463 e. The maximum absolute atomic E-state index is 14.4. The van der Waals surface area contributed by atoms with Crippen LogP contribution in [0.4, 0.5) is 4.39 Å². The van der Waals surface area contributed by atoms with E-state index in [4.69, 9.17) is 44.8 Å². The molecule has 12 nitrogen and oxygen atoms in total. The van der Waals surface area contributed by atoms with Crippen LogP contribution < -0.4 is 0 Å². The number of halogens is 2. The quantitative estimate of drug-likeness (QED) is 0.188. The second-order valence-corrected chi connectivity index (χ2v) is 8.23. The van der Waals surface area contributed by atoms with Gasteiger partial charge < -0.3 is 33.2 Å². The van der Waals surface area contributed by atoms with Crippen LogP contribution in [0.15, 0.2) is 24.0 Å². The predicted molar refractivity (Wildman–Crippen MR) is 124 cm³/mol. The van der Waals surface area contributed by atoms with Crippen molar-refractivity contribution in [1.82, 2.24) is 0 Å². The summed E-state index contributed by atoms with van der Waals surface area (Å²) in [7, 11) is 1.02. The van der Waals surface area contributed by atoms with Crippen molar-refractivity contribution in [2.75, 3.05) is 13.7 Å². The van der Waals surface area contributed by atoms with E-state index in [1.54, 1.807) is 0 Å². The van der Waals surface area contributed by atoms with Gasteiger partial charge in [-0.2, -0.15) is 0 Å². The molecular weight excluding hydrogens is 535 g/mol. The van der Waals surface area contributed by atoms with Crippen LogP contribution in [0.2, 0.25) is 5.02 Å². The third kappa shape index (κ3) is 8.42. The normalized spacial score (nSPS) is 23.0. The zero-order chi connectivity index (χ0) is 28.6. The summed E-state index contributed by atoms with van der Waals surface area (Å²) in [6.45, 7) is 3.73. The summed E-state index contributed by atoms with van der Waals surface area (Å²) >= 11 is 6.06.